The molecule has 0 heterocycles. The lowest BCUT2D eigenvalue weighted by molar-refractivity contribution is 0.184. The van der Waals surface area contributed by atoms with Crippen LogP contribution in [0.1, 0.15) is 18.9 Å². The molecule has 0 radical (unpaired) electrons. The van der Waals surface area contributed by atoms with Crippen LogP contribution < -0.4 is 5.32 Å². The summed E-state index contributed by atoms with van der Waals surface area (Å²) >= 11 is 0. The van der Waals surface area contributed by atoms with Crippen LogP contribution in [0.3, 0.4) is 0 Å². The van der Waals surface area contributed by atoms with Gasteiger partial charge in [0.15, 0.2) is 0 Å². The molecule has 1 rings (SSSR count). The Bertz CT molecular complexity index is 326. The van der Waals surface area contributed by atoms with E-state index in [0.29, 0.717) is 18.2 Å². The maximum Gasteiger partial charge on any atom is 0.0991 e. The lowest BCUT2D eigenvalue weighted by Gasteiger charge is -2.17. The van der Waals surface area contributed by atoms with Crippen molar-refractivity contribution in [1.82, 2.24) is 0 Å². The Kier molecular flexibility index (Phi) is 4.65. The number of rotatable bonds is 5. The first-order valence-electron chi connectivity index (χ1n) is 5.05. The molecule has 0 spiro atoms. The Labute approximate surface area is 90.7 Å². The molecule has 1 aromatic rings. The predicted octanol–water partition coefficient (Wildman–Crippen LogP) is 2.40. The topological polar surface area (TPSA) is 45.0 Å². The number of ether oxygens (including phenoxy) is 1. The smallest absolute Gasteiger partial charge is 0.0991 e. The Hall–Kier alpha value is -1.53. The standard InChI is InChI=1S/C12H16N2O/c1-3-11(9-15-2)14-12-6-4-10(8-13)5-7-12/h4-7,11,14H,3,9H2,1-2H3. The van der Waals surface area contributed by atoms with Crippen molar-refractivity contribution in [3.8, 4) is 6.07 Å². The van der Waals surface area contributed by atoms with Gasteiger partial charge in [-0.3, -0.25) is 0 Å². The Morgan fingerprint density at radius 1 is 1.40 bits per heavy atom. The second-order valence-electron chi connectivity index (χ2n) is 3.39. The third-order valence-electron chi connectivity index (χ3n) is 2.25. The molecule has 1 atom stereocenters. The number of nitrogens with one attached hydrogen (secondary N) is 1. The summed E-state index contributed by atoms with van der Waals surface area (Å²) in [7, 11) is 1.70. The van der Waals surface area contributed by atoms with Crippen LogP contribution in [0.5, 0.6) is 0 Å². The van der Waals surface area contributed by atoms with E-state index in [9.17, 15) is 0 Å². The summed E-state index contributed by atoms with van der Waals surface area (Å²) in [6.45, 7) is 2.80. The SMILES string of the molecule is CCC(COC)Nc1ccc(C#N)cc1. The molecule has 0 aliphatic heterocycles. The summed E-state index contributed by atoms with van der Waals surface area (Å²) in [4.78, 5) is 0. The molecule has 0 saturated heterocycles. The summed E-state index contributed by atoms with van der Waals surface area (Å²) in [5.74, 6) is 0. The largest absolute Gasteiger partial charge is 0.383 e. The minimum Gasteiger partial charge on any atom is -0.383 e. The number of benzene rings is 1. The fourth-order valence-corrected chi connectivity index (χ4v) is 1.34. The van der Waals surface area contributed by atoms with Gasteiger partial charge in [0.1, 0.15) is 0 Å². The van der Waals surface area contributed by atoms with Gasteiger partial charge < -0.3 is 10.1 Å². The number of hydrogen-bond donors (Lipinski definition) is 1. The van der Waals surface area contributed by atoms with Crippen LogP contribution in [0.25, 0.3) is 0 Å². The van der Waals surface area contributed by atoms with Crippen molar-refractivity contribution < 1.29 is 4.74 Å². The molecule has 15 heavy (non-hydrogen) atoms. The van der Waals surface area contributed by atoms with E-state index in [1.807, 2.05) is 24.3 Å². The molecular weight excluding hydrogens is 188 g/mol. The molecule has 0 saturated carbocycles. The lowest BCUT2D eigenvalue weighted by atomic mass is 10.2. The number of methoxy groups -OCH3 is 1. The van der Waals surface area contributed by atoms with E-state index in [2.05, 4.69) is 18.3 Å². The highest BCUT2D eigenvalue weighted by Gasteiger charge is 2.04. The molecule has 0 amide bonds. The van der Waals surface area contributed by atoms with Gasteiger partial charge in [-0.05, 0) is 30.7 Å². The van der Waals surface area contributed by atoms with E-state index in [1.54, 1.807) is 7.11 Å². The second-order valence-corrected chi connectivity index (χ2v) is 3.39. The first-order valence-corrected chi connectivity index (χ1v) is 5.05. The van der Waals surface area contributed by atoms with Crippen LogP contribution >= 0.6 is 0 Å². The van der Waals surface area contributed by atoms with Crippen LogP contribution in [0.15, 0.2) is 24.3 Å². The first kappa shape index (κ1) is 11.5. The van der Waals surface area contributed by atoms with Crippen molar-refractivity contribution in [3.05, 3.63) is 29.8 Å². The number of anilines is 1. The fraction of sp³-hybridized carbons (Fsp3) is 0.417. The molecular formula is C12H16N2O. The number of hydrogen-bond acceptors (Lipinski definition) is 3. The third kappa shape index (κ3) is 3.61. The zero-order valence-electron chi connectivity index (χ0n) is 9.16. The van der Waals surface area contributed by atoms with Crippen LogP contribution in [0, 0.1) is 11.3 Å². The third-order valence-corrected chi connectivity index (χ3v) is 2.25. The Morgan fingerprint density at radius 3 is 2.53 bits per heavy atom. The van der Waals surface area contributed by atoms with Crippen LogP contribution in [0.2, 0.25) is 0 Å². The van der Waals surface area contributed by atoms with Crippen molar-refractivity contribution in [2.24, 2.45) is 0 Å². The molecule has 1 aromatic carbocycles. The zero-order chi connectivity index (χ0) is 11.1. The first-order chi connectivity index (χ1) is 7.30. The summed E-state index contributed by atoms with van der Waals surface area (Å²) in [5.41, 5.74) is 1.71. The maximum atomic E-state index is 8.65. The van der Waals surface area contributed by atoms with E-state index in [-0.39, 0.29) is 0 Å². The van der Waals surface area contributed by atoms with E-state index in [0.717, 1.165) is 12.1 Å². The fourth-order valence-electron chi connectivity index (χ4n) is 1.34. The molecule has 0 bridgehead atoms. The second kappa shape index (κ2) is 6.05. The molecule has 80 valence electrons. The van der Waals surface area contributed by atoms with Gasteiger partial charge in [0.2, 0.25) is 0 Å². The summed E-state index contributed by atoms with van der Waals surface area (Å²) < 4.78 is 5.10. The highest BCUT2D eigenvalue weighted by atomic mass is 16.5. The van der Waals surface area contributed by atoms with Gasteiger partial charge in [-0.25, -0.2) is 0 Å². The Morgan fingerprint density at radius 2 is 2.07 bits per heavy atom. The van der Waals surface area contributed by atoms with Crippen LogP contribution in [-0.2, 0) is 4.74 Å². The van der Waals surface area contributed by atoms with Gasteiger partial charge in [-0.1, -0.05) is 6.92 Å². The van der Waals surface area contributed by atoms with E-state index in [1.165, 1.54) is 0 Å². The molecule has 0 aliphatic rings. The van der Waals surface area contributed by atoms with Crippen molar-refractivity contribution in [1.29, 1.82) is 5.26 Å². The molecule has 1 unspecified atom stereocenters. The van der Waals surface area contributed by atoms with Crippen molar-refractivity contribution in [3.63, 3.8) is 0 Å². The molecule has 0 fully saturated rings. The van der Waals surface area contributed by atoms with Crippen LogP contribution in [0.4, 0.5) is 5.69 Å². The lowest BCUT2D eigenvalue weighted by Crippen LogP contribution is -2.23. The number of nitriles is 1. The predicted molar refractivity (Wildman–Crippen MR) is 60.7 cm³/mol. The van der Waals surface area contributed by atoms with E-state index >= 15 is 0 Å². The maximum absolute atomic E-state index is 8.65. The van der Waals surface area contributed by atoms with Crippen molar-refractivity contribution in [2.45, 2.75) is 19.4 Å². The molecule has 3 nitrogen and oxygen atoms in total. The van der Waals surface area contributed by atoms with Gasteiger partial charge in [0.25, 0.3) is 0 Å². The molecule has 0 aromatic heterocycles. The van der Waals surface area contributed by atoms with Gasteiger partial charge in [0, 0.05) is 18.8 Å². The number of nitrogens with zero attached hydrogens (tertiary/aromatic N) is 1. The summed E-state index contributed by atoms with van der Waals surface area (Å²) in [6, 6.07) is 9.86. The molecule has 0 aliphatic carbocycles. The zero-order valence-corrected chi connectivity index (χ0v) is 9.16. The van der Waals surface area contributed by atoms with Gasteiger partial charge in [-0.15, -0.1) is 0 Å². The monoisotopic (exact) mass is 204 g/mol. The Balaban J connectivity index is 2.59. The highest BCUT2D eigenvalue weighted by Crippen LogP contribution is 2.11. The molecule has 3 heteroatoms. The van der Waals surface area contributed by atoms with E-state index < -0.39 is 0 Å². The average molecular weight is 204 g/mol. The molecule has 1 N–H and O–H groups in total. The van der Waals surface area contributed by atoms with Gasteiger partial charge in [0.05, 0.1) is 18.2 Å². The summed E-state index contributed by atoms with van der Waals surface area (Å²) in [5, 5.41) is 12.0. The highest BCUT2D eigenvalue weighted by molar-refractivity contribution is 5.47. The average Bonchev–Trinajstić information content (AvgIpc) is 2.29. The van der Waals surface area contributed by atoms with Crippen molar-refractivity contribution in [2.75, 3.05) is 19.0 Å². The van der Waals surface area contributed by atoms with Gasteiger partial charge >= 0.3 is 0 Å². The normalized spacial score (nSPS) is 11.8. The van der Waals surface area contributed by atoms with Gasteiger partial charge in [-0.2, -0.15) is 5.26 Å². The van der Waals surface area contributed by atoms with E-state index in [4.69, 9.17) is 10.00 Å². The minimum atomic E-state index is 0.322. The van der Waals surface area contributed by atoms with Crippen molar-refractivity contribution >= 4 is 5.69 Å². The van der Waals surface area contributed by atoms with Crippen LogP contribution in [-0.4, -0.2) is 19.8 Å². The minimum absolute atomic E-state index is 0.322. The summed E-state index contributed by atoms with van der Waals surface area (Å²) in [6.07, 6.45) is 1.01. The quantitative estimate of drug-likeness (QED) is 0.801.